The predicted octanol–water partition coefficient (Wildman–Crippen LogP) is 5.80. The Morgan fingerprint density at radius 3 is 2.70 bits per heavy atom. The molecule has 5 atom stereocenters. The second kappa shape index (κ2) is 13.8. The number of benzene rings is 2. The molecule has 238 valence electrons. The minimum Gasteiger partial charge on any atom is -0.487 e. The van der Waals surface area contributed by atoms with Crippen LogP contribution in [-0.2, 0) is 27.8 Å². The summed E-state index contributed by atoms with van der Waals surface area (Å²) in [4.78, 5) is 15.8. The Balaban J connectivity index is 1.35. The van der Waals surface area contributed by atoms with Gasteiger partial charge in [-0.25, -0.2) is 13.1 Å². The van der Waals surface area contributed by atoms with Gasteiger partial charge in [0.2, 0.25) is 10.0 Å². The van der Waals surface area contributed by atoms with Crippen LogP contribution in [0.3, 0.4) is 0 Å². The lowest BCUT2D eigenvalue weighted by molar-refractivity contribution is 0.0461. The fourth-order valence-corrected chi connectivity index (χ4v) is 8.74. The number of ether oxygens (including phenoxy) is 2. The number of rotatable bonds is 2. The highest BCUT2D eigenvalue weighted by molar-refractivity contribution is 7.90. The van der Waals surface area contributed by atoms with E-state index in [1.54, 1.807) is 18.2 Å². The second-order valence-corrected chi connectivity index (χ2v) is 15.2. The van der Waals surface area contributed by atoms with Crippen molar-refractivity contribution >= 4 is 33.2 Å². The van der Waals surface area contributed by atoms with E-state index in [1.807, 2.05) is 30.4 Å². The minimum absolute atomic E-state index is 0.131. The van der Waals surface area contributed by atoms with E-state index in [2.05, 4.69) is 9.62 Å². The van der Waals surface area contributed by atoms with E-state index >= 15 is 0 Å². The number of nitrogens with one attached hydrogen (secondary N) is 1. The third-order valence-electron chi connectivity index (χ3n) is 9.82. The normalized spacial score (nSPS) is 30.0. The molecule has 6 rings (SSSR count). The highest BCUT2D eigenvalue weighted by Crippen LogP contribution is 2.41. The Labute approximate surface area is 265 Å². The molecule has 3 heterocycles. The molecule has 2 aromatic carbocycles. The molecule has 0 radical (unpaired) electrons. The van der Waals surface area contributed by atoms with Crippen molar-refractivity contribution in [3.63, 3.8) is 0 Å². The molecule has 2 aromatic rings. The van der Waals surface area contributed by atoms with Gasteiger partial charge >= 0.3 is 0 Å². The quantitative estimate of drug-likeness (QED) is 0.399. The smallest absolute Gasteiger partial charge is 0.264 e. The Morgan fingerprint density at radius 2 is 1.91 bits per heavy atom. The Bertz CT molecular complexity index is 1470. The molecule has 44 heavy (non-hydrogen) atoms. The molecular weight excluding hydrogens is 600 g/mol. The summed E-state index contributed by atoms with van der Waals surface area (Å²) in [5, 5.41) is 11.0. The molecule has 4 aliphatic rings. The van der Waals surface area contributed by atoms with Crippen molar-refractivity contribution in [3.8, 4) is 5.75 Å². The molecule has 1 aliphatic carbocycles. The fourth-order valence-electron chi connectivity index (χ4n) is 7.09. The molecule has 2 fully saturated rings. The number of anilines is 1. The number of carbonyl (C=O) groups excluding carboxylic acids is 1. The number of hydrogen-bond donors (Lipinski definition) is 2. The topological polar surface area (TPSA) is 105 Å². The van der Waals surface area contributed by atoms with Gasteiger partial charge in [-0.2, -0.15) is 0 Å². The molecule has 2 bridgehead atoms. The van der Waals surface area contributed by atoms with E-state index < -0.39 is 27.3 Å². The summed E-state index contributed by atoms with van der Waals surface area (Å²) in [6, 6.07) is 11.1. The van der Waals surface area contributed by atoms with E-state index in [4.69, 9.17) is 21.1 Å². The zero-order valence-corrected chi connectivity index (χ0v) is 26.7. The summed E-state index contributed by atoms with van der Waals surface area (Å²) in [5.41, 5.74) is 3.29. The van der Waals surface area contributed by atoms with Crippen LogP contribution >= 0.6 is 11.6 Å². The highest BCUT2D eigenvalue weighted by Gasteiger charge is 2.37. The van der Waals surface area contributed by atoms with E-state index in [0.717, 1.165) is 69.3 Å². The first-order valence-corrected chi connectivity index (χ1v) is 18.0. The van der Waals surface area contributed by atoms with Crippen molar-refractivity contribution in [3.05, 3.63) is 70.3 Å². The van der Waals surface area contributed by atoms with Gasteiger partial charge in [0.05, 0.1) is 23.1 Å². The van der Waals surface area contributed by atoms with Crippen LogP contribution < -0.4 is 14.4 Å². The first-order chi connectivity index (χ1) is 21.3. The molecule has 1 amide bonds. The maximum atomic E-state index is 13.6. The number of amides is 1. The largest absolute Gasteiger partial charge is 0.487 e. The number of sulfonamides is 1. The van der Waals surface area contributed by atoms with Gasteiger partial charge < -0.3 is 19.5 Å². The number of aliphatic hydroxyl groups excluding tert-OH is 1. The average Bonchev–Trinajstić information content (AvgIpc) is 3.49. The van der Waals surface area contributed by atoms with Gasteiger partial charge in [0.25, 0.3) is 5.91 Å². The van der Waals surface area contributed by atoms with Crippen molar-refractivity contribution in [1.82, 2.24) is 4.72 Å². The Morgan fingerprint density at radius 1 is 1.02 bits per heavy atom. The van der Waals surface area contributed by atoms with E-state index in [0.29, 0.717) is 49.2 Å². The van der Waals surface area contributed by atoms with Gasteiger partial charge in [-0.1, -0.05) is 29.8 Å². The summed E-state index contributed by atoms with van der Waals surface area (Å²) in [7, 11) is -3.99. The number of fused-ring (bicyclic) bond motifs is 3. The molecule has 2 N–H and O–H groups in total. The Kier molecular flexibility index (Phi) is 9.86. The number of nitrogens with zero attached hydrogens (tertiary/aromatic N) is 1. The molecule has 5 unspecified atom stereocenters. The first kappa shape index (κ1) is 31.4. The molecule has 0 spiro atoms. The fraction of sp³-hybridized carbons (Fsp3) is 0.559. The van der Waals surface area contributed by atoms with Crippen molar-refractivity contribution in [2.45, 2.75) is 88.3 Å². The van der Waals surface area contributed by atoms with Crippen LogP contribution in [0, 0.1) is 11.8 Å². The van der Waals surface area contributed by atoms with E-state index in [9.17, 15) is 18.3 Å². The number of hydrogen-bond acceptors (Lipinski definition) is 7. The van der Waals surface area contributed by atoms with Gasteiger partial charge in [-0.15, -0.1) is 0 Å². The average molecular weight is 643 g/mol. The first-order valence-electron chi connectivity index (χ1n) is 16.1. The summed E-state index contributed by atoms with van der Waals surface area (Å²) in [6.45, 7) is 2.45. The van der Waals surface area contributed by atoms with Crippen molar-refractivity contribution < 1.29 is 27.8 Å². The van der Waals surface area contributed by atoms with Crippen LogP contribution in [0.2, 0.25) is 5.02 Å². The monoisotopic (exact) mass is 642 g/mol. The number of halogens is 1. The van der Waals surface area contributed by atoms with Crippen LogP contribution in [0.4, 0.5) is 5.69 Å². The van der Waals surface area contributed by atoms with Crippen LogP contribution in [0.5, 0.6) is 5.75 Å². The predicted molar refractivity (Wildman–Crippen MR) is 172 cm³/mol. The second-order valence-electron chi connectivity index (χ2n) is 12.8. The third-order valence-corrected chi connectivity index (χ3v) is 11.8. The van der Waals surface area contributed by atoms with Crippen LogP contribution in [0.25, 0.3) is 0 Å². The summed E-state index contributed by atoms with van der Waals surface area (Å²) < 4.78 is 41.8. The molecule has 0 aromatic heterocycles. The third kappa shape index (κ3) is 7.27. The SMILES string of the molecule is O=C1NS(=O)(=O)C(CC2CCCO2)CC/C=C/C(O)C2CCC2CN2CCCCc3cc(Cl)ccc3COc3ccc1cc32. The molecule has 1 saturated heterocycles. The van der Waals surface area contributed by atoms with Crippen LogP contribution in [0.15, 0.2) is 48.6 Å². The van der Waals surface area contributed by atoms with Gasteiger partial charge in [0, 0.05) is 30.3 Å². The van der Waals surface area contributed by atoms with Crippen molar-refractivity contribution in [2.75, 3.05) is 24.6 Å². The molecular formula is C34H43ClN2O6S. The van der Waals surface area contributed by atoms with E-state index in [1.165, 1.54) is 5.56 Å². The molecule has 3 aliphatic heterocycles. The number of carbonyl (C=O) groups is 1. The summed E-state index contributed by atoms with van der Waals surface area (Å²) in [5.74, 6) is 0.424. The molecule has 10 heteroatoms. The van der Waals surface area contributed by atoms with Gasteiger partial charge in [-0.05, 0) is 118 Å². The zero-order valence-electron chi connectivity index (χ0n) is 25.1. The standard InChI is InChI=1S/C34H43ClN2O6S/c35-27-13-10-26-22-43-33-15-12-24-19-31(33)37(16-4-3-6-23(26)18-27)21-25-11-14-30(25)32(38)9-2-1-8-29(20-28-7-5-17-42-28)44(40,41)36-34(24)39/h2,9-10,12-13,15,18-19,25,28-30,32,38H,1,3-8,11,14,16-17,20-22H2,(H,36,39)/b9-2+. The lowest BCUT2D eigenvalue weighted by atomic mass is 9.70. The van der Waals surface area contributed by atoms with Crippen LogP contribution in [-0.4, -0.2) is 56.6 Å². The lowest BCUT2D eigenvalue weighted by Gasteiger charge is -2.42. The number of aliphatic hydroxyl groups is 1. The Hall–Kier alpha value is -2.59. The number of allylic oxidation sites excluding steroid dienone is 1. The highest BCUT2D eigenvalue weighted by atomic mass is 35.5. The minimum atomic E-state index is -3.99. The lowest BCUT2D eigenvalue weighted by Crippen LogP contribution is -2.43. The summed E-state index contributed by atoms with van der Waals surface area (Å²) >= 11 is 6.32. The number of aryl methyl sites for hydroxylation is 1. The van der Waals surface area contributed by atoms with E-state index in [-0.39, 0.29) is 17.6 Å². The van der Waals surface area contributed by atoms with Gasteiger partial charge in [-0.3, -0.25) is 4.79 Å². The van der Waals surface area contributed by atoms with Crippen molar-refractivity contribution in [1.29, 1.82) is 0 Å². The zero-order chi connectivity index (χ0) is 30.7. The maximum Gasteiger partial charge on any atom is 0.264 e. The molecule has 8 nitrogen and oxygen atoms in total. The maximum absolute atomic E-state index is 13.6. The van der Waals surface area contributed by atoms with Gasteiger partial charge in [0.1, 0.15) is 12.4 Å². The van der Waals surface area contributed by atoms with Crippen LogP contribution in [0.1, 0.15) is 79.3 Å². The van der Waals surface area contributed by atoms with Gasteiger partial charge in [0.15, 0.2) is 0 Å². The van der Waals surface area contributed by atoms with Crippen molar-refractivity contribution in [2.24, 2.45) is 11.8 Å². The molecule has 1 saturated carbocycles. The summed E-state index contributed by atoms with van der Waals surface area (Å²) in [6.07, 6.45) is 10.7.